The Balaban J connectivity index is 2.16. The third kappa shape index (κ3) is 1.37. The van der Waals surface area contributed by atoms with Gasteiger partial charge in [-0.1, -0.05) is 12.0 Å². The van der Waals surface area contributed by atoms with Gasteiger partial charge in [0.15, 0.2) is 5.78 Å². The number of carbonyl (C=O) groups excluding carboxylic acids is 1. The van der Waals surface area contributed by atoms with Crippen molar-refractivity contribution in [3.63, 3.8) is 0 Å². The van der Waals surface area contributed by atoms with E-state index in [9.17, 15) is 4.79 Å². The molecule has 0 N–H and O–H groups in total. The van der Waals surface area contributed by atoms with Crippen LogP contribution in [0.5, 0.6) is 0 Å². The Hall–Kier alpha value is -0.590. The van der Waals surface area contributed by atoms with Gasteiger partial charge in [-0.3, -0.25) is 4.79 Å². The van der Waals surface area contributed by atoms with Crippen LogP contribution < -0.4 is 0 Å². The van der Waals surface area contributed by atoms with E-state index in [1.54, 1.807) is 0 Å². The number of fused-ring (bicyclic) bond motifs is 1. The zero-order valence-corrected chi connectivity index (χ0v) is 6.81. The zero-order chi connectivity index (χ0) is 7.68. The molecule has 0 saturated heterocycles. The number of hydrogen-bond donors (Lipinski definition) is 0. The molecule has 0 bridgehead atoms. The van der Waals surface area contributed by atoms with E-state index in [1.165, 1.54) is 31.3 Å². The average Bonchev–Trinajstić information content (AvgIpc) is 2.04. The van der Waals surface area contributed by atoms with E-state index in [0.29, 0.717) is 5.78 Å². The lowest BCUT2D eigenvalue weighted by molar-refractivity contribution is -0.115. The van der Waals surface area contributed by atoms with Crippen molar-refractivity contribution in [2.45, 2.75) is 38.5 Å². The minimum Gasteiger partial charge on any atom is -0.295 e. The summed E-state index contributed by atoms with van der Waals surface area (Å²) in [5, 5.41) is 0. The normalized spacial score (nSPS) is 31.1. The van der Waals surface area contributed by atoms with Gasteiger partial charge in [0.1, 0.15) is 0 Å². The summed E-state index contributed by atoms with van der Waals surface area (Å²) in [6, 6.07) is 0. The van der Waals surface area contributed by atoms with Crippen molar-refractivity contribution < 1.29 is 4.79 Å². The van der Waals surface area contributed by atoms with Crippen LogP contribution in [0.4, 0.5) is 0 Å². The van der Waals surface area contributed by atoms with Gasteiger partial charge in [-0.15, -0.1) is 0 Å². The Morgan fingerprint density at radius 1 is 1.18 bits per heavy atom. The second-order valence-electron chi connectivity index (χ2n) is 3.67. The molecule has 1 saturated carbocycles. The first-order valence-corrected chi connectivity index (χ1v) is 4.59. The van der Waals surface area contributed by atoms with E-state index in [4.69, 9.17) is 0 Å². The van der Waals surface area contributed by atoms with Crippen LogP contribution in [-0.4, -0.2) is 5.78 Å². The summed E-state index contributed by atoms with van der Waals surface area (Å²) in [7, 11) is 0. The highest BCUT2D eigenvalue weighted by atomic mass is 16.1. The van der Waals surface area contributed by atoms with Gasteiger partial charge in [0.25, 0.3) is 0 Å². The maximum atomic E-state index is 11.0. The quantitative estimate of drug-likeness (QED) is 0.518. The molecule has 1 nitrogen and oxygen atoms in total. The first-order chi connectivity index (χ1) is 5.36. The Morgan fingerprint density at radius 3 is 3.00 bits per heavy atom. The van der Waals surface area contributed by atoms with Gasteiger partial charge in [-0.2, -0.15) is 0 Å². The fourth-order valence-corrected chi connectivity index (χ4v) is 2.22. The largest absolute Gasteiger partial charge is 0.295 e. The molecule has 0 amide bonds. The topological polar surface area (TPSA) is 17.1 Å². The minimum absolute atomic E-state index is 0.359. The Morgan fingerprint density at radius 2 is 2.09 bits per heavy atom. The molecule has 0 aromatic carbocycles. The summed E-state index contributed by atoms with van der Waals surface area (Å²) in [5.41, 5.74) is 1.45. The summed E-state index contributed by atoms with van der Waals surface area (Å²) in [5.74, 6) is 1.14. The predicted octanol–water partition coefficient (Wildman–Crippen LogP) is 2.47. The van der Waals surface area contributed by atoms with Crippen LogP contribution in [0.25, 0.3) is 0 Å². The number of allylic oxidation sites excluding steroid dienone is 2. The van der Waals surface area contributed by atoms with Crippen molar-refractivity contribution in [2.75, 3.05) is 0 Å². The summed E-state index contributed by atoms with van der Waals surface area (Å²) >= 11 is 0. The van der Waals surface area contributed by atoms with Crippen LogP contribution in [0.2, 0.25) is 0 Å². The second kappa shape index (κ2) is 2.80. The second-order valence-corrected chi connectivity index (χ2v) is 3.67. The fraction of sp³-hybridized carbons (Fsp3) is 0.700. The van der Waals surface area contributed by atoms with Crippen LogP contribution in [0.3, 0.4) is 0 Å². The van der Waals surface area contributed by atoms with E-state index in [0.717, 1.165) is 18.8 Å². The van der Waals surface area contributed by atoms with Crippen LogP contribution in [-0.2, 0) is 4.79 Å². The van der Waals surface area contributed by atoms with Crippen molar-refractivity contribution in [1.29, 1.82) is 0 Å². The smallest absolute Gasteiger partial charge is 0.155 e. The van der Waals surface area contributed by atoms with E-state index < -0.39 is 0 Å². The molecule has 0 aromatic rings. The third-order valence-electron chi connectivity index (χ3n) is 2.88. The monoisotopic (exact) mass is 150 g/mol. The Labute approximate surface area is 67.5 Å². The first-order valence-electron chi connectivity index (χ1n) is 4.59. The predicted molar refractivity (Wildman–Crippen MR) is 44.3 cm³/mol. The molecule has 1 unspecified atom stereocenters. The summed E-state index contributed by atoms with van der Waals surface area (Å²) < 4.78 is 0. The SMILES string of the molecule is O=C1C=C2CCCCC2CC1. The van der Waals surface area contributed by atoms with E-state index in [1.807, 2.05) is 6.08 Å². The number of carbonyl (C=O) groups is 1. The fourth-order valence-electron chi connectivity index (χ4n) is 2.22. The highest BCUT2D eigenvalue weighted by Crippen LogP contribution is 2.35. The van der Waals surface area contributed by atoms with E-state index in [2.05, 4.69) is 0 Å². The van der Waals surface area contributed by atoms with Gasteiger partial charge in [0.2, 0.25) is 0 Å². The van der Waals surface area contributed by atoms with E-state index >= 15 is 0 Å². The molecule has 1 heteroatoms. The van der Waals surface area contributed by atoms with Gasteiger partial charge in [-0.05, 0) is 37.7 Å². The molecule has 60 valence electrons. The molecule has 1 atom stereocenters. The molecule has 0 aliphatic heterocycles. The molecule has 1 fully saturated rings. The molecule has 0 radical (unpaired) electrons. The van der Waals surface area contributed by atoms with Crippen molar-refractivity contribution in [3.8, 4) is 0 Å². The maximum absolute atomic E-state index is 11.0. The number of ketones is 1. The van der Waals surface area contributed by atoms with Gasteiger partial charge in [0, 0.05) is 6.42 Å². The number of hydrogen-bond acceptors (Lipinski definition) is 1. The van der Waals surface area contributed by atoms with Crippen LogP contribution in [0.1, 0.15) is 38.5 Å². The lowest BCUT2D eigenvalue weighted by Crippen LogP contribution is -2.17. The van der Waals surface area contributed by atoms with Gasteiger partial charge < -0.3 is 0 Å². The molecule has 2 rings (SSSR count). The van der Waals surface area contributed by atoms with Crippen molar-refractivity contribution in [2.24, 2.45) is 5.92 Å². The van der Waals surface area contributed by atoms with Crippen molar-refractivity contribution in [3.05, 3.63) is 11.6 Å². The zero-order valence-electron chi connectivity index (χ0n) is 6.81. The molecule has 0 aromatic heterocycles. The van der Waals surface area contributed by atoms with Crippen LogP contribution in [0, 0.1) is 5.92 Å². The molecular weight excluding hydrogens is 136 g/mol. The summed E-state index contributed by atoms with van der Waals surface area (Å²) in [4.78, 5) is 11.0. The third-order valence-corrected chi connectivity index (χ3v) is 2.88. The molecule has 11 heavy (non-hydrogen) atoms. The molecule has 0 heterocycles. The lowest BCUT2D eigenvalue weighted by Gasteiger charge is -2.27. The van der Waals surface area contributed by atoms with Crippen molar-refractivity contribution in [1.82, 2.24) is 0 Å². The highest BCUT2D eigenvalue weighted by Gasteiger charge is 2.23. The first kappa shape index (κ1) is 7.08. The van der Waals surface area contributed by atoms with Crippen molar-refractivity contribution >= 4 is 5.78 Å². The van der Waals surface area contributed by atoms with Gasteiger partial charge in [0.05, 0.1) is 0 Å². The van der Waals surface area contributed by atoms with E-state index in [-0.39, 0.29) is 0 Å². The minimum atomic E-state index is 0.359. The van der Waals surface area contributed by atoms with Gasteiger partial charge >= 0.3 is 0 Å². The van der Waals surface area contributed by atoms with Gasteiger partial charge in [-0.25, -0.2) is 0 Å². The maximum Gasteiger partial charge on any atom is 0.155 e. The number of rotatable bonds is 0. The van der Waals surface area contributed by atoms with Crippen LogP contribution in [0.15, 0.2) is 11.6 Å². The standard InChI is InChI=1S/C10H14O/c11-10-6-5-8-3-1-2-4-9(8)7-10/h7-8H,1-6H2. The lowest BCUT2D eigenvalue weighted by atomic mass is 9.77. The Bertz CT molecular complexity index is 203. The molecular formula is C10H14O. The molecule has 0 spiro atoms. The van der Waals surface area contributed by atoms with Crippen LogP contribution >= 0.6 is 0 Å². The highest BCUT2D eigenvalue weighted by molar-refractivity contribution is 5.91. The average molecular weight is 150 g/mol. The molecule has 2 aliphatic rings. The molecule has 2 aliphatic carbocycles. The Kier molecular flexibility index (Phi) is 1.80. The summed E-state index contributed by atoms with van der Waals surface area (Å²) in [6.07, 6.45) is 9.04. The summed E-state index contributed by atoms with van der Waals surface area (Å²) in [6.45, 7) is 0.